The predicted molar refractivity (Wildman–Crippen MR) is 108 cm³/mol. The number of hydrogen-bond donors (Lipinski definition) is 4. The number of aliphatic hydroxyl groups excluding tert-OH is 1. The van der Waals surface area contributed by atoms with E-state index in [1.54, 1.807) is 24.3 Å². The third kappa shape index (κ3) is 7.68. The van der Waals surface area contributed by atoms with E-state index >= 15 is 0 Å². The molecule has 27 heavy (non-hydrogen) atoms. The molecule has 4 N–H and O–H groups in total. The molecule has 1 aromatic rings. The Hall–Kier alpha value is -1.93. The molecule has 0 aliphatic rings. The second kappa shape index (κ2) is 11.0. The van der Waals surface area contributed by atoms with E-state index in [0.29, 0.717) is 31.2 Å². The third-order valence-electron chi connectivity index (χ3n) is 4.01. The van der Waals surface area contributed by atoms with Crippen molar-refractivity contribution in [1.82, 2.24) is 10.6 Å². The number of carbonyl (C=O) groups is 3. The minimum Gasteiger partial charge on any atom is -0.393 e. The van der Waals surface area contributed by atoms with E-state index in [4.69, 9.17) is 0 Å². The van der Waals surface area contributed by atoms with Gasteiger partial charge in [-0.15, -0.1) is 0 Å². The molecule has 0 bridgehead atoms. The highest BCUT2D eigenvalue weighted by Gasteiger charge is 2.33. The lowest BCUT2D eigenvalue weighted by Crippen LogP contribution is -2.58. The van der Waals surface area contributed by atoms with Crippen molar-refractivity contribution in [2.45, 2.75) is 51.6 Å². The van der Waals surface area contributed by atoms with Crippen molar-refractivity contribution in [3.05, 3.63) is 28.7 Å². The molecule has 0 fully saturated rings. The number of nitrogens with one attached hydrogen (secondary N) is 3. The molecular formula is C19H28BrN3O4. The summed E-state index contributed by atoms with van der Waals surface area (Å²) in [5.74, 6) is -0.357. The number of urea groups is 1. The summed E-state index contributed by atoms with van der Waals surface area (Å²) in [4.78, 5) is 36.4. The van der Waals surface area contributed by atoms with Crippen LogP contribution in [0.4, 0.5) is 10.5 Å². The number of halogens is 1. The first-order chi connectivity index (χ1) is 12.7. The van der Waals surface area contributed by atoms with Gasteiger partial charge in [-0.05, 0) is 43.0 Å². The van der Waals surface area contributed by atoms with Crippen LogP contribution < -0.4 is 16.0 Å². The van der Waals surface area contributed by atoms with Crippen molar-refractivity contribution < 1.29 is 19.5 Å². The molecule has 0 aromatic heterocycles. The summed E-state index contributed by atoms with van der Waals surface area (Å²) in [7, 11) is 0. The zero-order valence-corrected chi connectivity index (χ0v) is 17.5. The number of aliphatic hydroxyl groups is 1. The highest BCUT2D eigenvalue weighted by molar-refractivity contribution is 9.10. The van der Waals surface area contributed by atoms with E-state index in [1.165, 1.54) is 0 Å². The topological polar surface area (TPSA) is 108 Å². The van der Waals surface area contributed by atoms with Gasteiger partial charge in [-0.2, -0.15) is 0 Å². The lowest BCUT2D eigenvalue weighted by Gasteiger charge is -2.30. The molecule has 8 heteroatoms. The lowest BCUT2D eigenvalue weighted by molar-refractivity contribution is -0.129. The minimum atomic E-state index is -1.33. The number of aldehydes is 1. The van der Waals surface area contributed by atoms with E-state index in [2.05, 4.69) is 31.9 Å². The van der Waals surface area contributed by atoms with Crippen LogP contribution in [-0.2, 0) is 9.59 Å². The normalized spacial score (nSPS) is 14.1. The summed E-state index contributed by atoms with van der Waals surface area (Å²) < 4.78 is 0.885. The zero-order valence-electron chi connectivity index (χ0n) is 15.9. The van der Waals surface area contributed by atoms with Gasteiger partial charge in [0.2, 0.25) is 5.91 Å². The maximum absolute atomic E-state index is 12.7. The summed E-state index contributed by atoms with van der Waals surface area (Å²) in [6, 6.07) is 5.69. The van der Waals surface area contributed by atoms with Gasteiger partial charge >= 0.3 is 6.03 Å². The second-order valence-electron chi connectivity index (χ2n) is 6.96. The predicted octanol–water partition coefficient (Wildman–Crippen LogP) is 2.83. The number of anilines is 1. The Balaban J connectivity index is 2.83. The SMILES string of the molecule is CCC[C@@](C=O)(CO)NC(=O)[C@H](CC(C)C)NC(=O)Nc1ccc(Br)cc1. The maximum Gasteiger partial charge on any atom is 0.319 e. The van der Waals surface area contributed by atoms with Gasteiger partial charge in [0.25, 0.3) is 0 Å². The zero-order chi connectivity index (χ0) is 20.4. The minimum absolute atomic E-state index is 0.139. The smallest absolute Gasteiger partial charge is 0.319 e. The van der Waals surface area contributed by atoms with Crippen LogP contribution in [0.2, 0.25) is 0 Å². The Morgan fingerprint density at radius 2 is 1.89 bits per heavy atom. The van der Waals surface area contributed by atoms with Gasteiger partial charge in [0.15, 0.2) is 0 Å². The summed E-state index contributed by atoms with van der Waals surface area (Å²) in [6.45, 7) is 5.23. The number of rotatable bonds is 10. The van der Waals surface area contributed by atoms with Crippen molar-refractivity contribution in [3.63, 3.8) is 0 Å². The van der Waals surface area contributed by atoms with E-state index < -0.39 is 30.1 Å². The lowest BCUT2D eigenvalue weighted by atomic mass is 9.95. The van der Waals surface area contributed by atoms with Crippen LogP contribution in [0.1, 0.15) is 40.0 Å². The summed E-state index contributed by atoms with van der Waals surface area (Å²) in [5.41, 5.74) is -0.742. The van der Waals surface area contributed by atoms with E-state index in [0.717, 1.165) is 4.47 Å². The molecular weight excluding hydrogens is 414 g/mol. The second-order valence-corrected chi connectivity index (χ2v) is 7.87. The third-order valence-corrected chi connectivity index (χ3v) is 4.54. The fourth-order valence-corrected chi connectivity index (χ4v) is 2.91. The van der Waals surface area contributed by atoms with Crippen LogP contribution in [-0.4, -0.2) is 41.5 Å². The van der Waals surface area contributed by atoms with Crippen molar-refractivity contribution in [2.24, 2.45) is 5.92 Å². The molecule has 3 amide bonds. The quantitative estimate of drug-likeness (QED) is 0.418. The molecule has 0 unspecified atom stereocenters. The molecule has 1 aromatic carbocycles. The first kappa shape index (κ1) is 23.1. The van der Waals surface area contributed by atoms with E-state index in [1.807, 2.05) is 20.8 Å². The van der Waals surface area contributed by atoms with Crippen LogP contribution in [0, 0.1) is 5.92 Å². The summed E-state index contributed by atoms with van der Waals surface area (Å²) in [6.07, 6.45) is 1.89. The molecule has 0 saturated carbocycles. The molecule has 0 spiro atoms. The number of carbonyl (C=O) groups excluding carboxylic acids is 3. The standard InChI is InChI=1S/C19H28BrN3O4/c1-4-9-19(11-24,12-25)23-17(26)16(10-13(2)3)22-18(27)21-15-7-5-14(20)6-8-15/h5-8,11,13,16,25H,4,9-10,12H2,1-3H3,(H,23,26)(H2,21,22,27)/t16-,19+/m0/s1. The molecule has 1 rings (SSSR count). The Labute approximate surface area is 168 Å². The number of benzene rings is 1. The average Bonchev–Trinajstić information content (AvgIpc) is 2.62. The van der Waals surface area contributed by atoms with Gasteiger partial charge in [0.05, 0.1) is 6.61 Å². The van der Waals surface area contributed by atoms with E-state index in [9.17, 15) is 19.5 Å². The number of amides is 3. The van der Waals surface area contributed by atoms with Gasteiger partial charge in [-0.1, -0.05) is 43.1 Å². The average molecular weight is 442 g/mol. The monoisotopic (exact) mass is 441 g/mol. The molecule has 0 heterocycles. The van der Waals surface area contributed by atoms with Crippen LogP contribution in [0.5, 0.6) is 0 Å². The molecule has 0 saturated heterocycles. The van der Waals surface area contributed by atoms with Gasteiger partial charge < -0.3 is 25.9 Å². The van der Waals surface area contributed by atoms with Gasteiger partial charge in [-0.3, -0.25) is 4.79 Å². The van der Waals surface area contributed by atoms with Gasteiger partial charge in [0.1, 0.15) is 17.9 Å². The Kier molecular flexibility index (Phi) is 9.45. The molecule has 0 aliphatic heterocycles. The molecule has 0 radical (unpaired) electrons. The van der Waals surface area contributed by atoms with Crippen molar-refractivity contribution in [1.29, 1.82) is 0 Å². The van der Waals surface area contributed by atoms with Crippen LogP contribution >= 0.6 is 15.9 Å². The molecule has 2 atom stereocenters. The molecule has 0 aliphatic carbocycles. The largest absolute Gasteiger partial charge is 0.393 e. The van der Waals surface area contributed by atoms with Crippen LogP contribution in [0.25, 0.3) is 0 Å². The van der Waals surface area contributed by atoms with Crippen LogP contribution in [0.3, 0.4) is 0 Å². The van der Waals surface area contributed by atoms with E-state index in [-0.39, 0.29) is 5.92 Å². The fraction of sp³-hybridized carbons (Fsp3) is 0.526. The Bertz CT molecular complexity index is 636. The summed E-state index contributed by atoms with van der Waals surface area (Å²) >= 11 is 3.32. The van der Waals surface area contributed by atoms with Crippen molar-refractivity contribution in [2.75, 3.05) is 11.9 Å². The Morgan fingerprint density at radius 1 is 1.26 bits per heavy atom. The highest BCUT2D eigenvalue weighted by Crippen LogP contribution is 2.15. The number of hydrogen-bond acceptors (Lipinski definition) is 4. The fourth-order valence-electron chi connectivity index (χ4n) is 2.65. The van der Waals surface area contributed by atoms with Gasteiger partial charge in [-0.25, -0.2) is 4.79 Å². The Morgan fingerprint density at radius 3 is 2.37 bits per heavy atom. The first-order valence-electron chi connectivity index (χ1n) is 8.97. The van der Waals surface area contributed by atoms with Crippen molar-refractivity contribution in [3.8, 4) is 0 Å². The van der Waals surface area contributed by atoms with Gasteiger partial charge in [0, 0.05) is 10.2 Å². The first-order valence-corrected chi connectivity index (χ1v) is 9.76. The highest BCUT2D eigenvalue weighted by atomic mass is 79.9. The molecule has 7 nitrogen and oxygen atoms in total. The maximum atomic E-state index is 12.7. The molecule has 150 valence electrons. The summed E-state index contributed by atoms with van der Waals surface area (Å²) in [5, 5.41) is 17.5. The van der Waals surface area contributed by atoms with Crippen molar-refractivity contribution >= 4 is 39.8 Å². The van der Waals surface area contributed by atoms with Crippen LogP contribution in [0.15, 0.2) is 28.7 Å².